The molecule has 6 heteroatoms. The lowest BCUT2D eigenvalue weighted by atomic mass is 10.1. The fourth-order valence-electron chi connectivity index (χ4n) is 2.35. The Kier molecular flexibility index (Phi) is 5.35. The van der Waals surface area contributed by atoms with Crippen LogP contribution in [0, 0.1) is 0 Å². The van der Waals surface area contributed by atoms with Crippen LogP contribution in [0.4, 0.5) is 11.5 Å². The lowest BCUT2D eigenvalue weighted by Gasteiger charge is -2.20. The molecule has 0 atom stereocenters. The van der Waals surface area contributed by atoms with Gasteiger partial charge in [0.05, 0.1) is 18.1 Å². The first-order valence-corrected chi connectivity index (χ1v) is 8.64. The number of hydrogen-bond acceptors (Lipinski definition) is 5. The summed E-state index contributed by atoms with van der Waals surface area (Å²) >= 11 is 0. The summed E-state index contributed by atoms with van der Waals surface area (Å²) < 4.78 is 5.86. The predicted octanol–water partition coefficient (Wildman–Crippen LogP) is 4.73. The van der Waals surface area contributed by atoms with Crippen LogP contribution in [-0.2, 0) is 0 Å². The van der Waals surface area contributed by atoms with E-state index in [4.69, 9.17) is 4.74 Å². The SMILES string of the molecule is CC(C)(C)Nc1cnc(C(=O)Nc2ccccc2Oc2ccccc2)cn1. The molecule has 6 nitrogen and oxygen atoms in total. The van der Waals surface area contributed by atoms with Crippen molar-refractivity contribution in [1.29, 1.82) is 0 Å². The number of ether oxygens (including phenoxy) is 1. The van der Waals surface area contributed by atoms with Gasteiger partial charge in [0.25, 0.3) is 5.91 Å². The number of benzene rings is 2. The van der Waals surface area contributed by atoms with E-state index in [1.807, 2.05) is 63.2 Å². The van der Waals surface area contributed by atoms with Crippen molar-refractivity contribution in [3.63, 3.8) is 0 Å². The lowest BCUT2D eigenvalue weighted by Crippen LogP contribution is -2.27. The van der Waals surface area contributed by atoms with Crippen LogP contribution in [0.2, 0.25) is 0 Å². The molecule has 3 rings (SSSR count). The van der Waals surface area contributed by atoms with Crippen LogP contribution in [0.3, 0.4) is 0 Å². The smallest absolute Gasteiger partial charge is 0.275 e. The number of rotatable bonds is 5. The van der Waals surface area contributed by atoms with Crippen molar-refractivity contribution in [2.75, 3.05) is 10.6 Å². The summed E-state index contributed by atoms with van der Waals surface area (Å²) in [7, 11) is 0. The Hall–Kier alpha value is -3.41. The summed E-state index contributed by atoms with van der Waals surface area (Å²) in [4.78, 5) is 21.0. The third-order valence-electron chi connectivity index (χ3n) is 3.49. The van der Waals surface area contributed by atoms with Crippen LogP contribution < -0.4 is 15.4 Å². The molecule has 0 unspecified atom stereocenters. The van der Waals surface area contributed by atoms with Crippen LogP contribution in [-0.4, -0.2) is 21.4 Å². The molecule has 0 saturated carbocycles. The van der Waals surface area contributed by atoms with Gasteiger partial charge in [-0.3, -0.25) is 4.79 Å². The van der Waals surface area contributed by atoms with Crippen LogP contribution in [0.5, 0.6) is 11.5 Å². The highest BCUT2D eigenvalue weighted by atomic mass is 16.5. The quantitative estimate of drug-likeness (QED) is 0.686. The zero-order chi connectivity index (χ0) is 19.3. The molecule has 0 aliphatic carbocycles. The molecule has 0 aliphatic rings. The van der Waals surface area contributed by atoms with E-state index in [1.165, 1.54) is 6.20 Å². The summed E-state index contributed by atoms with van der Waals surface area (Å²) in [5, 5.41) is 6.04. The van der Waals surface area contributed by atoms with E-state index in [0.29, 0.717) is 23.0 Å². The second-order valence-corrected chi connectivity index (χ2v) is 7.03. The summed E-state index contributed by atoms with van der Waals surface area (Å²) in [6.07, 6.45) is 3.00. The van der Waals surface area contributed by atoms with Crippen molar-refractivity contribution in [2.45, 2.75) is 26.3 Å². The van der Waals surface area contributed by atoms with Gasteiger partial charge in [-0.1, -0.05) is 30.3 Å². The van der Waals surface area contributed by atoms with Crippen molar-refractivity contribution in [1.82, 2.24) is 9.97 Å². The molecule has 0 radical (unpaired) electrons. The minimum Gasteiger partial charge on any atom is -0.455 e. The first kappa shape index (κ1) is 18.4. The number of amides is 1. The Morgan fingerprint density at radius 2 is 1.63 bits per heavy atom. The highest BCUT2D eigenvalue weighted by Gasteiger charge is 2.14. The molecule has 138 valence electrons. The minimum absolute atomic E-state index is 0.133. The predicted molar refractivity (Wildman–Crippen MR) is 106 cm³/mol. The fourth-order valence-corrected chi connectivity index (χ4v) is 2.35. The largest absolute Gasteiger partial charge is 0.455 e. The van der Waals surface area contributed by atoms with Gasteiger partial charge in [-0.05, 0) is 45.0 Å². The Labute approximate surface area is 158 Å². The van der Waals surface area contributed by atoms with E-state index in [2.05, 4.69) is 20.6 Å². The number of carbonyl (C=O) groups is 1. The first-order chi connectivity index (χ1) is 12.9. The molecule has 1 aromatic heterocycles. The summed E-state index contributed by atoms with van der Waals surface area (Å²) in [6, 6.07) is 16.6. The fraction of sp³-hybridized carbons (Fsp3) is 0.190. The van der Waals surface area contributed by atoms with Gasteiger partial charge in [0.2, 0.25) is 0 Å². The molecular formula is C21H22N4O2. The van der Waals surface area contributed by atoms with Crippen molar-refractivity contribution in [2.24, 2.45) is 0 Å². The second-order valence-electron chi connectivity index (χ2n) is 7.03. The Balaban J connectivity index is 1.73. The zero-order valence-electron chi connectivity index (χ0n) is 15.6. The van der Waals surface area contributed by atoms with Crippen molar-refractivity contribution in [3.05, 3.63) is 72.7 Å². The van der Waals surface area contributed by atoms with Crippen LogP contribution in [0.15, 0.2) is 67.0 Å². The third-order valence-corrected chi connectivity index (χ3v) is 3.49. The van der Waals surface area contributed by atoms with Gasteiger partial charge in [-0.15, -0.1) is 0 Å². The number of hydrogen-bond donors (Lipinski definition) is 2. The number of nitrogens with zero attached hydrogens (tertiary/aromatic N) is 2. The normalized spacial score (nSPS) is 10.9. The average molecular weight is 362 g/mol. The molecule has 3 aromatic rings. The molecule has 1 amide bonds. The molecule has 2 N–H and O–H groups in total. The maximum atomic E-state index is 12.5. The number of carbonyl (C=O) groups excluding carboxylic acids is 1. The summed E-state index contributed by atoms with van der Waals surface area (Å²) in [5.41, 5.74) is 0.653. The molecule has 27 heavy (non-hydrogen) atoms. The summed E-state index contributed by atoms with van der Waals surface area (Å²) in [6.45, 7) is 6.08. The Morgan fingerprint density at radius 1 is 0.926 bits per heavy atom. The van der Waals surface area contributed by atoms with Gasteiger partial charge in [-0.25, -0.2) is 9.97 Å². The highest BCUT2D eigenvalue weighted by Crippen LogP contribution is 2.29. The molecule has 0 saturated heterocycles. The molecule has 0 aliphatic heterocycles. The zero-order valence-corrected chi connectivity index (χ0v) is 15.6. The standard InChI is InChI=1S/C21H22N4O2/c1-21(2,3)25-19-14-22-17(13-23-19)20(26)24-16-11-7-8-12-18(16)27-15-9-5-4-6-10-15/h4-14H,1-3H3,(H,23,25)(H,24,26). The molecule has 2 aromatic carbocycles. The van der Waals surface area contributed by atoms with Crippen LogP contribution in [0.25, 0.3) is 0 Å². The number of aromatic nitrogens is 2. The molecule has 1 heterocycles. The highest BCUT2D eigenvalue weighted by molar-refractivity contribution is 6.03. The Morgan fingerprint density at radius 3 is 2.30 bits per heavy atom. The van der Waals surface area contributed by atoms with E-state index in [0.717, 1.165) is 0 Å². The van der Waals surface area contributed by atoms with Gasteiger partial charge in [-0.2, -0.15) is 0 Å². The lowest BCUT2D eigenvalue weighted by molar-refractivity contribution is 0.102. The van der Waals surface area contributed by atoms with Gasteiger partial charge >= 0.3 is 0 Å². The monoisotopic (exact) mass is 362 g/mol. The number of para-hydroxylation sites is 3. The molecule has 0 spiro atoms. The molecule has 0 bridgehead atoms. The van der Waals surface area contributed by atoms with Crippen LogP contribution >= 0.6 is 0 Å². The maximum absolute atomic E-state index is 12.5. The summed E-state index contributed by atoms with van der Waals surface area (Å²) in [5.74, 6) is 1.51. The van der Waals surface area contributed by atoms with E-state index < -0.39 is 0 Å². The van der Waals surface area contributed by atoms with Gasteiger partial charge in [0, 0.05) is 5.54 Å². The molecular weight excluding hydrogens is 340 g/mol. The number of anilines is 2. The molecule has 0 fully saturated rings. The topological polar surface area (TPSA) is 76.1 Å². The van der Waals surface area contributed by atoms with Crippen molar-refractivity contribution >= 4 is 17.4 Å². The Bertz CT molecular complexity index is 903. The van der Waals surface area contributed by atoms with Gasteiger partial charge < -0.3 is 15.4 Å². The minimum atomic E-state index is -0.353. The van der Waals surface area contributed by atoms with E-state index >= 15 is 0 Å². The van der Waals surface area contributed by atoms with Crippen LogP contribution in [0.1, 0.15) is 31.3 Å². The number of nitrogens with one attached hydrogen (secondary N) is 2. The third kappa shape index (κ3) is 5.28. The van der Waals surface area contributed by atoms with E-state index in [-0.39, 0.29) is 17.1 Å². The van der Waals surface area contributed by atoms with Gasteiger partial charge in [0.15, 0.2) is 5.75 Å². The van der Waals surface area contributed by atoms with Crippen molar-refractivity contribution in [3.8, 4) is 11.5 Å². The second kappa shape index (κ2) is 7.86. The first-order valence-electron chi connectivity index (χ1n) is 8.64. The van der Waals surface area contributed by atoms with E-state index in [1.54, 1.807) is 18.3 Å². The van der Waals surface area contributed by atoms with E-state index in [9.17, 15) is 4.79 Å². The average Bonchev–Trinajstić information content (AvgIpc) is 2.63. The van der Waals surface area contributed by atoms with Gasteiger partial charge in [0.1, 0.15) is 17.3 Å². The van der Waals surface area contributed by atoms with Crippen molar-refractivity contribution < 1.29 is 9.53 Å². The maximum Gasteiger partial charge on any atom is 0.275 e.